The van der Waals surface area contributed by atoms with E-state index in [2.05, 4.69) is 10.0 Å². The highest BCUT2D eigenvalue weighted by atomic mass is 32.2. The van der Waals surface area contributed by atoms with Gasteiger partial charge in [-0.1, -0.05) is 6.07 Å². The van der Waals surface area contributed by atoms with Gasteiger partial charge in [-0.05, 0) is 64.1 Å². The first-order valence-corrected chi connectivity index (χ1v) is 11.1. The average molecular weight is 483 g/mol. The minimum absolute atomic E-state index is 0.0594. The molecule has 1 atom stereocenters. The minimum Gasteiger partial charge on any atom is -0.449 e. The number of hydrogen-bond donors (Lipinski definition) is 3. The molecule has 2 aromatic carbocycles. The Labute approximate surface area is 189 Å². The number of ether oxygens (including phenoxy) is 1. The molecule has 0 aromatic heterocycles. The third-order valence-electron chi connectivity index (χ3n) is 3.93. The standard InChI is InChI=1S/C21H23F2N3O6S/c1-12(18(27)24-20(29)25-21(2,3)4)32-19(28)13-6-5-7-14(10-13)26-33(30,31)15-8-9-16(22)17(23)11-15/h5-12,26H,1-4H3,(H2,24,25,27,29)/t12-/m0/s1. The molecule has 2 rings (SSSR count). The summed E-state index contributed by atoms with van der Waals surface area (Å²) in [5.41, 5.74) is -0.743. The van der Waals surface area contributed by atoms with E-state index in [0.717, 1.165) is 12.1 Å². The van der Waals surface area contributed by atoms with Gasteiger partial charge in [0.25, 0.3) is 15.9 Å². The molecule has 0 aliphatic heterocycles. The summed E-state index contributed by atoms with van der Waals surface area (Å²) in [4.78, 5) is 35.7. The number of halogens is 2. The molecule has 0 radical (unpaired) electrons. The molecule has 0 unspecified atom stereocenters. The van der Waals surface area contributed by atoms with Crippen LogP contribution in [-0.2, 0) is 19.6 Å². The second-order valence-corrected chi connectivity index (χ2v) is 9.69. The molecule has 0 fully saturated rings. The Kier molecular flexibility index (Phi) is 7.75. The predicted octanol–water partition coefficient (Wildman–Crippen LogP) is 2.94. The van der Waals surface area contributed by atoms with Crippen molar-refractivity contribution in [3.8, 4) is 0 Å². The number of hydrogen-bond acceptors (Lipinski definition) is 6. The van der Waals surface area contributed by atoms with Gasteiger partial charge in [0.05, 0.1) is 10.5 Å². The third-order valence-corrected chi connectivity index (χ3v) is 5.31. The number of amides is 3. The van der Waals surface area contributed by atoms with Crippen molar-refractivity contribution in [3.63, 3.8) is 0 Å². The van der Waals surface area contributed by atoms with Crippen LogP contribution >= 0.6 is 0 Å². The van der Waals surface area contributed by atoms with Crippen LogP contribution in [-0.4, -0.2) is 38.0 Å². The van der Waals surface area contributed by atoms with Gasteiger partial charge in [-0.25, -0.2) is 26.8 Å². The van der Waals surface area contributed by atoms with Gasteiger partial charge in [-0.3, -0.25) is 14.8 Å². The maximum atomic E-state index is 13.4. The normalized spacial score (nSPS) is 12.4. The van der Waals surface area contributed by atoms with Crippen LogP contribution in [0.15, 0.2) is 47.4 Å². The maximum absolute atomic E-state index is 13.4. The Hall–Kier alpha value is -3.54. The van der Waals surface area contributed by atoms with E-state index in [1.807, 2.05) is 5.32 Å². The summed E-state index contributed by atoms with van der Waals surface area (Å²) >= 11 is 0. The molecule has 178 valence electrons. The van der Waals surface area contributed by atoms with Crippen LogP contribution in [0.1, 0.15) is 38.1 Å². The average Bonchev–Trinajstić information content (AvgIpc) is 2.68. The van der Waals surface area contributed by atoms with Gasteiger partial charge in [0.1, 0.15) is 0 Å². The van der Waals surface area contributed by atoms with Crippen LogP contribution in [0.5, 0.6) is 0 Å². The number of esters is 1. The fourth-order valence-electron chi connectivity index (χ4n) is 2.44. The van der Waals surface area contributed by atoms with Gasteiger partial charge >= 0.3 is 12.0 Å². The van der Waals surface area contributed by atoms with Crippen molar-refractivity contribution < 1.29 is 36.3 Å². The van der Waals surface area contributed by atoms with E-state index in [1.54, 1.807) is 20.8 Å². The summed E-state index contributed by atoms with van der Waals surface area (Å²) < 4.78 is 58.4. The van der Waals surface area contributed by atoms with E-state index >= 15 is 0 Å². The smallest absolute Gasteiger partial charge is 0.338 e. The van der Waals surface area contributed by atoms with Crippen molar-refractivity contribution in [1.82, 2.24) is 10.6 Å². The number of sulfonamides is 1. The molecule has 0 aliphatic carbocycles. The zero-order valence-electron chi connectivity index (χ0n) is 18.2. The summed E-state index contributed by atoms with van der Waals surface area (Å²) in [7, 11) is -4.28. The van der Waals surface area contributed by atoms with Crippen LogP contribution in [0.4, 0.5) is 19.3 Å². The largest absolute Gasteiger partial charge is 0.449 e. The number of nitrogens with one attached hydrogen (secondary N) is 3. The molecule has 3 N–H and O–H groups in total. The molecular weight excluding hydrogens is 460 g/mol. The topological polar surface area (TPSA) is 131 Å². The first-order chi connectivity index (χ1) is 15.2. The molecule has 3 amide bonds. The SMILES string of the molecule is C[C@H](OC(=O)c1cccc(NS(=O)(=O)c2ccc(F)c(F)c2)c1)C(=O)NC(=O)NC(C)(C)C. The molecule has 12 heteroatoms. The van der Waals surface area contributed by atoms with Crippen LogP contribution in [0, 0.1) is 11.6 Å². The van der Waals surface area contributed by atoms with Crippen LogP contribution in [0.2, 0.25) is 0 Å². The fourth-order valence-corrected chi connectivity index (χ4v) is 3.50. The summed E-state index contributed by atoms with van der Waals surface area (Å²) in [6, 6.07) is 6.43. The first kappa shape index (κ1) is 25.7. The second-order valence-electron chi connectivity index (χ2n) is 8.00. The highest BCUT2D eigenvalue weighted by molar-refractivity contribution is 7.92. The van der Waals surface area contributed by atoms with Crippen LogP contribution in [0.3, 0.4) is 0 Å². The van der Waals surface area contributed by atoms with Gasteiger partial charge < -0.3 is 10.1 Å². The lowest BCUT2D eigenvalue weighted by Crippen LogP contribution is -2.50. The van der Waals surface area contributed by atoms with Crippen molar-refractivity contribution in [2.75, 3.05) is 4.72 Å². The number of carbonyl (C=O) groups excluding carboxylic acids is 3. The molecule has 0 saturated carbocycles. The molecule has 0 spiro atoms. The zero-order chi connectivity index (χ0) is 25.0. The maximum Gasteiger partial charge on any atom is 0.338 e. The molecule has 0 saturated heterocycles. The number of benzene rings is 2. The Morgan fingerprint density at radius 1 is 1.00 bits per heavy atom. The second kappa shape index (κ2) is 9.94. The van der Waals surface area contributed by atoms with E-state index < -0.39 is 56.1 Å². The predicted molar refractivity (Wildman–Crippen MR) is 115 cm³/mol. The van der Waals surface area contributed by atoms with E-state index in [0.29, 0.717) is 12.1 Å². The van der Waals surface area contributed by atoms with Crippen LogP contribution in [0.25, 0.3) is 0 Å². The number of imide groups is 1. The monoisotopic (exact) mass is 483 g/mol. The lowest BCUT2D eigenvalue weighted by atomic mass is 10.1. The fraction of sp³-hybridized carbons (Fsp3) is 0.286. The van der Waals surface area contributed by atoms with Crippen molar-refractivity contribution >= 4 is 33.6 Å². The molecule has 0 bridgehead atoms. The molecule has 2 aromatic rings. The van der Waals surface area contributed by atoms with Crippen molar-refractivity contribution in [3.05, 3.63) is 59.7 Å². The number of carbonyl (C=O) groups is 3. The first-order valence-electron chi connectivity index (χ1n) is 9.60. The van der Waals surface area contributed by atoms with E-state index in [4.69, 9.17) is 4.74 Å². The Balaban J connectivity index is 2.07. The lowest BCUT2D eigenvalue weighted by Gasteiger charge is -2.21. The van der Waals surface area contributed by atoms with Crippen LogP contribution < -0.4 is 15.4 Å². The Morgan fingerprint density at radius 2 is 1.67 bits per heavy atom. The highest BCUT2D eigenvalue weighted by Gasteiger charge is 2.23. The lowest BCUT2D eigenvalue weighted by molar-refractivity contribution is -0.127. The Morgan fingerprint density at radius 3 is 2.27 bits per heavy atom. The number of rotatable bonds is 6. The summed E-state index contributed by atoms with van der Waals surface area (Å²) in [6.45, 7) is 6.41. The molecular formula is C21H23F2N3O6S. The Bertz CT molecular complexity index is 1180. The van der Waals surface area contributed by atoms with Crippen molar-refractivity contribution in [2.45, 2.75) is 44.2 Å². The van der Waals surface area contributed by atoms with Gasteiger partial charge in [-0.2, -0.15) is 0 Å². The summed E-state index contributed by atoms with van der Waals surface area (Å²) in [5, 5.41) is 4.57. The van der Waals surface area contributed by atoms with E-state index in [9.17, 15) is 31.6 Å². The molecule has 0 aliphatic rings. The van der Waals surface area contributed by atoms with Gasteiger partial charge in [0.2, 0.25) is 0 Å². The van der Waals surface area contributed by atoms with E-state index in [-0.39, 0.29) is 11.3 Å². The third kappa shape index (κ3) is 7.52. The van der Waals surface area contributed by atoms with Gasteiger partial charge in [-0.15, -0.1) is 0 Å². The molecule has 0 heterocycles. The van der Waals surface area contributed by atoms with E-state index in [1.165, 1.54) is 25.1 Å². The van der Waals surface area contributed by atoms with Gasteiger partial charge in [0.15, 0.2) is 17.7 Å². The molecule has 33 heavy (non-hydrogen) atoms. The minimum atomic E-state index is -4.28. The number of urea groups is 1. The van der Waals surface area contributed by atoms with Crippen molar-refractivity contribution in [1.29, 1.82) is 0 Å². The summed E-state index contributed by atoms with van der Waals surface area (Å²) in [6.07, 6.45) is -1.33. The van der Waals surface area contributed by atoms with Crippen molar-refractivity contribution in [2.24, 2.45) is 0 Å². The zero-order valence-corrected chi connectivity index (χ0v) is 19.0. The number of anilines is 1. The quantitative estimate of drug-likeness (QED) is 0.542. The molecule has 9 nitrogen and oxygen atoms in total. The van der Waals surface area contributed by atoms with Gasteiger partial charge in [0, 0.05) is 11.2 Å². The highest BCUT2D eigenvalue weighted by Crippen LogP contribution is 2.20. The summed E-state index contributed by atoms with van der Waals surface area (Å²) in [5.74, 6) is -4.35.